The van der Waals surface area contributed by atoms with E-state index < -0.39 is 33.1 Å². The summed E-state index contributed by atoms with van der Waals surface area (Å²) in [7, 11) is 5.12. The van der Waals surface area contributed by atoms with Crippen molar-refractivity contribution in [3.63, 3.8) is 0 Å². The van der Waals surface area contributed by atoms with Crippen LogP contribution in [0.4, 0.5) is 13.2 Å². The van der Waals surface area contributed by atoms with Gasteiger partial charge in [0.25, 0.3) is 5.56 Å². The van der Waals surface area contributed by atoms with Crippen molar-refractivity contribution >= 4 is 31.7 Å². The van der Waals surface area contributed by atoms with E-state index in [4.69, 9.17) is 10.7 Å². The molecule has 0 amide bonds. The van der Waals surface area contributed by atoms with E-state index in [1.165, 1.54) is 4.57 Å². The smallest absolute Gasteiger partial charge is 0.292 e. The fourth-order valence-corrected chi connectivity index (χ4v) is 6.74. The first-order valence-corrected chi connectivity index (χ1v) is 9.95. The minimum absolute atomic E-state index is 0.121. The Morgan fingerprint density at radius 1 is 1.25 bits per heavy atom. The van der Waals surface area contributed by atoms with E-state index in [0.717, 1.165) is 31.4 Å². The number of nitrogens with zero attached hydrogens (tertiary/aromatic N) is 1. The van der Waals surface area contributed by atoms with Crippen molar-refractivity contribution in [1.82, 2.24) is 9.55 Å². The second kappa shape index (κ2) is 5.05. The molecule has 4 nitrogen and oxygen atoms in total. The van der Waals surface area contributed by atoms with Crippen LogP contribution in [0.3, 0.4) is 0 Å². The van der Waals surface area contributed by atoms with Gasteiger partial charge in [0.2, 0.25) is 0 Å². The monoisotopic (exact) mass is 378 g/mol. The number of alkyl halides is 3. The summed E-state index contributed by atoms with van der Waals surface area (Å²) in [4.78, 5) is 26.8. The lowest BCUT2D eigenvalue weighted by molar-refractivity contribution is -0.137. The molecular formula is C15H14ClF3N2O2S. The third kappa shape index (κ3) is 2.30. The predicted octanol–water partition coefficient (Wildman–Crippen LogP) is 3.41. The highest BCUT2D eigenvalue weighted by Crippen LogP contribution is 2.57. The van der Waals surface area contributed by atoms with E-state index in [-0.39, 0.29) is 21.2 Å². The standard InChI is InChI=1S/C15H14ClF3N2O2S/c16-24-7-14(2-1-3-14)6-21-11-9(12(22)20-13(21)23)4-8(5-10(11)24)15(17,18)19/h4-5,24H,1-3,6-7H2,(H,20,22,23). The van der Waals surface area contributed by atoms with Crippen molar-refractivity contribution in [3.8, 4) is 0 Å². The first-order chi connectivity index (χ1) is 11.2. The molecule has 1 atom stereocenters. The average molecular weight is 379 g/mol. The zero-order valence-electron chi connectivity index (χ0n) is 12.4. The van der Waals surface area contributed by atoms with E-state index in [2.05, 4.69) is 4.98 Å². The number of rotatable bonds is 0. The maximum Gasteiger partial charge on any atom is 0.416 e. The maximum absolute atomic E-state index is 13.2. The molecular weight excluding hydrogens is 365 g/mol. The summed E-state index contributed by atoms with van der Waals surface area (Å²) >= 11 is 0. The molecule has 1 aromatic heterocycles. The maximum atomic E-state index is 13.2. The van der Waals surface area contributed by atoms with Gasteiger partial charge < -0.3 is 0 Å². The molecule has 1 N–H and O–H groups in total. The topological polar surface area (TPSA) is 54.9 Å². The van der Waals surface area contributed by atoms with Crippen LogP contribution in [0.1, 0.15) is 24.8 Å². The number of hydrogen-bond acceptors (Lipinski definition) is 2. The molecule has 1 fully saturated rings. The Bertz CT molecular complexity index is 962. The van der Waals surface area contributed by atoms with Crippen LogP contribution in [0.2, 0.25) is 0 Å². The molecule has 130 valence electrons. The fraction of sp³-hybridized carbons (Fsp3) is 0.467. The molecule has 1 unspecified atom stereocenters. The van der Waals surface area contributed by atoms with Gasteiger partial charge in [0.1, 0.15) is 0 Å². The van der Waals surface area contributed by atoms with Crippen molar-refractivity contribution < 1.29 is 13.2 Å². The van der Waals surface area contributed by atoms with Crippen LogP contribution in [0.5, 0.6) is 0 Å². The zero-order chi connectivity index (χ0) is 17.3. The molecule has 0 saturated heterocycles. The molecule has 1 aliphatic heterocycles. The quantitative estimate of drug-likeness (QED) is 0.690. The number of thiol groups is 1. The molecule has 0 bridgehead atoms. The first kappa shape index (κ1) is 16.1. The van der Waals surface area contributed by atoms with Gasteiger partial charge in [0.05, 0.1) is 16.5 Å². The van der Waals surface area contributed by atoms with Gasteiger partial charge >= 0.3 is 11.9 Å². The van der Waals surface area contributed by atoms with Gasteiger partial charge in [-0.1, -0.05) is 17.1 Å². The average Bonchev–Trinajstić information content (AvgIpc) is 2.59. The normalized spacial score (nSPS) is 23.9. The Balaban J connectivity index is 2.10. The molecule has 1 aromatic carbocycles. The van der Waals surface area contributed by atoms with Crippen molar-refractivity contribution in [1.29, 1.82) is 0 Å². The molecule has 24 heavy (non-hydrogen) atoms. The van der Waals surface area contributed by atoms with Crippen molar-refractivity contribution in [2.24, 2.45) is 5.41 Å². The van der Waals surface area contributed by atoms with Crippen LogP contribution < -0.4 is 11.2 Å². The number of hydrogen-bond donors (Lipinski definition) is 2. The van der Waals surface area contributed by atoms with Crippen molar-refractivity contribution in [2.75, 3.05) is 5.75 Å². The molecule has 2 aliphatic rings. The van der Waals surface area contributed by atoms with Crippen molar-refractivity contribution in [3.05, 3.63) is 38.5 Å². The summed E-state index contributed by atoms with van der Waals surface area (Å²) in [5, 5.41) is -0.121. The fourth-order valence-electron chi connectivity index (χ4n) is 3.67. The third-order valence-corrected chi connectivity index (χ3v) is 7.76. The summed E-state index contributed by atoms with van der Waals surface area (Å²) in [6.45, 7) is 0.392. The second-order valence-electron chi connectivity index (χ2n) is 6.61. The number of aromatic nitrogens is 2. The summed E-state index contributed by atoms with van der Waals surface area (Å²) in [6.07, 6.45) is -1.77. The third-order valence-electron chi connectivity index (χ3n) is 5.04. The SMILES string of the molecule is O=c1[nH]c(=O)n2c3c(cc(C(F)(F)F)cc13)[SH](Cl)CC1(CCC1)C2. The lowest BCUT2D eigenvalue weighted by atomic mass is 9.70. The summed E-state index contributed by atoms with van der Waals surface area (Å²) in [5.41, 5.74) is -2.18. The molecule has 2 aromatic rings. The minimum Gasteiger partial charge on any atom is -0.292 e. The lowest BCUT2D eigenvalue weighted by Gasteiger charge is -2.42. The molecule has 4 rings (SSSR count). The number of H-pyrrole nitrogens is 1. The molecule has 9 heteroatoms. The van der Waals surface area contributed by atoms with Crippen LogP contribution >= 0.6 is 20.8 Å². The molecule has 1 saturated carbocycles. The highest BCUT2D eigenvalue weighted by Gasteiger charge is 2.42. The molecule has 2 heterocycles. The van der Waals surface area contributed by atoms with E-state index in [9.17, 15) is 22.8 Å². The van der Waals surface area contributed by atoms with Crippen LogP contribution in [0.25, 0.3) is 10.9 Å². The minimum atomic E-state index is -4.58. The molecule has 1 aliphatic carbocycles. The predicted molar refractivity (Wildman–Crippen MR) is 88.1 cm³/mol. The Morgan fingerprint density at radius 3 is 2.54 bits per heavy atom. The zero-order valence-corrected chi connectivity index (χ0v) is 14.1. The van der Waals surface area contributed by atoms with Gasteiger partial charge in [-0.3, -0.25) is 14.3 Å². The van der Waals surface area contributed by atoms with Crippen LogP contribution in [0, 0.1) is 5.41 Å². The van der Waals surface area contributed by atoms with Gasteiger partial charge in [0.15, 0.2) is 0 Å². The Labute approximate surface area is 141 Å². The number of nitrogens with one attached hydrogen (secondary N) is 1. The summed E-state index contributed by atoms with van der Waals surface area (Å²) in [6, 6.07) is 1.82. The first-order valence-electron chi connectivity index (χ1n) is 7.52. The Kier molecular flexibility index (Phi) is 3.38. The van der Waals surface area contributed by atoms with Crippen LogP contribution in [0.15, 0.2) is 26.6 Å². The van der Waals surface area contributed by atoms with E-state index in [1.54, 1.807) is 0 Å². The van der Waals surface area contributed by atoms with E-state index >= 15 is 0 Å². The molecule has 0 radical (unpaired) electrons. The number of benzene rings is 1. The highest BCUT2D eigenvalue weighted by molar-refractivity contribution is 8.36. The van der Waals surface area contributed by atoms with Crippen LogP contribution in [-0.2, 0) is 12.7 Å². The van der Waals surface area contributed by atoms with Gasteiger partial charge in [0, 0.05) is 11.4 Å². The van der Waals surface area contributed by atoms with Crippen molar-refractivity contribution in [2.45, 2.75) is 36.9 Å². The number of halogens is 4. The van der Waals surface area contributed by atoms with Crippen LogP contribution in [-0.4, -0.2) is 15.3 Å². The van der Waals surface area contributed by atoms with Gasteiger partial charge in [-0.05, 0) is 36.1 Å². The molecule has 1 spiro atoms. The highest BCUT2D eigenvalue weighted by atomic mass is 35.7. The largest absolute Gasteiger partial charge is 0.416 e. The van der Waals surface area contributed by atoms with Gasteiger partial charge in [-0.15, -0.1) is 10.1 Å². The van der Waals surface area contributed by atoms with Gasteiger partial charge in [-0.2, -0.15) is 13.2 Å². The van der Waals surface area contributed by atoms with E-state index in [0.29, 0.717) is 12.3 Å². The Morgan fingerprint density at radius 2 is 1.96 bits per heavy atom. The Hall–Kier alpha value is -1.41. The summed E-state index contributed by atoms with van der Waals surface area (Å²) in [5.74, 6) is 0.565. The lowest BCUT2D eigenvalue weighted by Crippen LogP contribution is -2.41. The number of aromatic amines is 1. The van der Waals surface area contributed by atoms with E-state index in [1.807, 2.05) is 0 Å². The second-order valence-corrected chi connectivity index (χ2v) is 9.36. The summed E-state index contributed by atoms with van der Waals surface area (Å²) < 4.78 is 41.0. The van der Waals surface area contributed by atoms with Gasteiger partial charge in [-0.25, -0.2) is 4.79 Å².